The smallest absolute Gasteiger partial charge is 0.306 e. The van der Waals surface area contributed by atoms with Crippen molar-refractivity contribution in [1.82, 2.24) is 25.3 Å². The highest BCUT2D eigenvalue weighted by atomic mass is 35.5. The third kappa shape index (κ3) is 14.6. The van der Waals surface area contributed by atoms with Crippen LogP contribution in [-0.4, -0.2) is 94.2 Å². The molecule has 0 saturated carbocycles. The fourth-order valence-electron chi connectivity index (χ4n) is 6.50. The number of hydrogen-bond donors (Lipinski definition) is 6. The van der Waals surface area contributed by atoms with Gasteiger partial charge in [0.2, 0.25) is 11.9 Å². The highest BCUT2D eigenvalue weighted by molar-refractivity contribution is 7.92. The molecule has 374 valence electrons. The molecule has 70 heavy (non-hydrogen) atoms. The van der Waals surface area contributed by atoms with Crippen molar-refractivity contribution in [2.45, 2.75) is 67.2 Å². The molecule has 0 bridgehead atoms. The lowest BCUT2D eigenvalue weighted by Crippen LogP contribution is -2.21. The van der Waals surface area contributed by atoms with Crippen LogP contribution in [0.1, 0.15) is 45.2 Å². The highest BCUT2D eigenvalue weighted by Crippen LogP contribution is 2.34. The molecule has 6 aromatic rings. The monoisotopic (exact) mass is 1040 g/mol. The first-order valence-electron chi connectivity index (χ1n) is 22.0. The van der Waals surface area contributed by atoms with Gasteiger partial charge in [-0.15, -0.1) is 0 Å². The number of nitrogens with one attached hydrogen (secondary N) is 5. The zero-order valence-corrected chi connectivity index (χ0v) is 43.0. The maximum absolute atomic E-state index is 12.8. The quantitative estimate of drug-likeness (QED) is 0.0274. The first kappa shape index (κ1) is 54.6. The molecule has 0 atom stereocenters. The lowest BCUT2D eigenvalue weighted by Gasteiger charge is -2.16. The molecule has 0 fully saturated rings. The van der Waals surface area contributed by atoms with Crippen molar-refractivity contribution in [1.29, 1.82) is 0 Å². The van der Waals surface area contributed by atoms with E-state index in [4.69, 9.17) is 38.4 Å². The summed E-state index contributed by atoms with van der Waals surface area (Å²) in [6.45, 7) is 8.26. The van der Waals surface area contributed by atoms with Crippen molar-refractivity contribution < 1.29 is 35.8 Å². The van der Waals surface area contributed by atoms with E-state index in [1.165, 1.54) is 19.5 Å². The minimum atomic E-state index is -3.54. The van der Waals surface area contributed by atoms with Crippen molar-refractivity contribution in [3.05, 3.63) is 118 Å². The second-order valence-electron chi connectivity index (χ2n) is 15.9. The highest BCUT2D eigenvalue weighted by Gasteiger charge is 2.25. The van der Waals surface area contributed by atoms with Crippen LogP contribution in [0.4, 0.5) is 46.3 Å². The Morgan fingerprint density at radius 2 is 1.06 bits per heavy atom. The van der Waals surface area contributed by atoms with Crippen molar-refractivity contribution in [3.8, 4) is 11.5 Å². The maximum atomic E-state index is 12.8. The largest absolute Gasteiger partial charge is 0.495 e. The van der Waals surface area contributed by atoms with Crippen molar-refractivity contribution in [2.75, 3.05) is 62.2 Å². The number of para-hydroxylation sites is 2. The third-order valence-corrected chi connectivity index (χ3v) is 15.4. The molecular weight excluding hydrogens is 980 g/mol. The van der Waals surface area contributed by atoms with Crippen LogP contribution in [0.3, 0.4) is 0 Å². The normalized spacial score (nSPS) is 11.4. The summed E-state index contributed by atoms with van der Waals surface area (Å²) in [6, 6.07) is 24.7. The first-order valence-corrected chi connectivity index (χ1v) is 25.9. The molecule has 0 amide bonds. The van der Waals surface area contributed by atoms with E-state index in [2.05, 4.69) is 51.3 Å². The van der Waals surface area contributed by atoms with Crippen molar-refractivity contribution >= 4 is 95.1 Å². The molecule has 7 N–H and O–H groups in total. The number of hydrogen-bond acceptors (Lipinski definition) is 18. The molecule has 0 spiro atoms. The summed E-state index contributed by atoms with van der Waals surface area (Å²) in [7, 11) is -2.54. The molecule has 2 heterocycles. The SMILES string of the molecule is COC(=O)CCNCCc1ccc(OC)c(Nc2ncc(Cl)c(Nc3ccccc3S(=O)(=O)C(C)C)n2)c1.COc1ccc(CCN)cc1Nc1ncc(Cl)c(Nc2ccccc2S(=O)(=O)C(C)C)n1. The molecule has 0 radical (unpaired) electrons. The molecule has 0 aliphatic carbocycles. The van der Waals surface area contributed by atoms with Gasteiger partial charge in [0.05, 0.1) is 83.2 Å². The number of carbonyl (C=O) groups excluding carboxylic acids is 1. The summed E-state index contributed by atoms with van der Waals surface area (Å²) >= 11 is 12.6. The zero-order valence-electron chi connectivity index (χ0n) is 39.8. The van der Waals surface area contributed by atoms with E-state index in [0.717, 1.165) is 17.5 Å². The Hall–Kier alpha value is -6.29. The van der Waals surface area contributed by atoms with Gasteiger partial charge in [0.15, 0.2) is 31.3 Å². The standard InChI is InChI=1S/C26H32ClN5O5S.C22H26ClN5O3S/c1-17(2)38(34,35)23-8-6-5-7-20(23)30-25-19(27)16-29-26(32-25)31-21-15-18(9-10-22(21)36-3)11-13-28-14-12-24(33)37-4;1-14(2)32(29,30)20-7-5-4-6-17(20)26-21-16(23)13-25-22(28-21)27-18-12-15(10-11-24)8-9-19(18)31-3/h5-10,15-17,28H,11-14H2,1-4H3,(H2,29,30,31,32);4-9,12-14H,10-11,24H2,1-3H3,(H2,25,26,27,28). The number of anilines is 8. The van der Waals surface area contributed by atoms with Gasteiger partial charge < -0.3 is 46.5 Å². The van der Waals surface area contributed by atoms with E-state index >= 15 is 0 Å². The van der Waals surface area contributed by atoms with E-state index in [1.54, 1.807) is 90.4 Å². The summed E-state index contributed by atoms with van der Waals surface area (Å²) in [5.41, 5.74) is 9.80. The zero-order chi connectivity index (χ0) is 51.0. The van der Waals surface area contributed by atoms with Gasteiger partial charge in [-0.25, -0.2) is 26.8 Å². The molecule has 4 aromatic carbocycles. The van der Waals surface area contributed by atoms with E-state index < -0.39 is 30.2 Å². The fourth-order valence-corrected chi connectivity index (χ4v) is 9.18. The van der Waals surface area contributed by atoms with Gasteiger partial charge >= 0.3 is 5.97 Å². The summed E-state index contributed by atoms with van der Waals surface area (Å²) in [6.07, 6.45) is 4.61. The molecule has 2 aromatic heterocycles. The van der Waals surface area contributed by atoms with E-state index in [-0.39, 0.29) is 49.3 Å². The third-order valence-electron chi connectivity index (χ3n) is 10.4. The van der Waals surface area contributed by atoms with Gasteiger partial charge in [-0.2, -0.15) is 9.97 Å². The van der Waals surface area contributed by atoms with Gasteiger partial charge in [0.25, 0.3) is 0 Å². The number of ether oxygens (including phenoxy) is 3. The van der Waals surface area contributed by atoms with Gasteiger partial charge in [0.1, 0.15) is 21.5 Å². The van der Waals surface area contributed by atoms with Gasteiger partial charge in [-0.05, 0) is 113 Å². The molecule has 0 aliphatic heterocycles. The predicted molar refractivity (Wildman–Crippen MR) is 277 cm³/mol. The Morgan fingerprint density at radius 3 is 1.47 bits per heavy atom. The lowest BCUT2D eigenvalue weighted by atomic mass is 10.1. The van der Waals surface area contributed by atoms with Crippen molar-refractivity contribution in [3.63, 3.8) is 0 Å². The Balaban J connectivity index is 0.000000265. The fraction of sp³-hybridized carbons (Fsp3) is 0.312. The molecule has 0 unspecified atom stereocenters. The molecule has 0 saturated heterocycles. The van der Waals surface area contributed by atoms with Crippen LogP contribution in [-0.2, 0) is 42.0 Å². The number of rotatable bonds is 22. The van der Waals surface area contributed by atoms with E-state index in [0.29, 0.717) is 66.7 Å². The van der Waals surface area contributed by atoms with Crippen LogP contribution in [0.25, 0.3) is 0 Å². The van der Waals surface area contributed by atoms with E-state index in [9.17, 15) is 21.6 Å². The average Bonchev–Trinajstić information content (AvgIpc) is 3.34. The number of methoxy groups -OCH3 is 3. The second-order valence-corrected chi connectivity index (χ2v) is 21.7. The molecule has 18 nitrogen and oxygen atoms in total. The van der Waals surface area contributed by atoms with Crippen LogP contribution >= 0.6 is 23.2 Å². The van der Waals surface area contributed by atoms with Crippen molar-refractivity contribution in [2.24, 2.45) is 5.73 Å². The summed E-state index contributed by atoms with van der Waals surface area (Å²) < 4.78 is 66.7. The minimum Gasteiger partial charge on any atom is -0.495 e. The lowest BCUT2D eigenvalue weighted by molar-refractivity contribution is -0.140. The number of nitrogens with two attached hydrogens (primary N) is 1. The number of sulfone groups is 2. The summed E-state index contributed by atoms with van der Waals surface area (Å²) in [5.74, 6) is 1.99. The van der Waals surface area contributed by atoms with Crippen LogP contribution in [0.5, 0.6) is 11.5 Å². The molecular formula is C48H58Cl2N10O8S2. The summed E-state index contributed by atoms with van der Waals surface area (Å²) in [5, 5.41) is 14.9. The number of nitrogens with zero attached hydrogens (tertiary/aromatic N) is 4. The number of esters is 1. The Morgan fingerprint density at radius 1 is 0.614 bits per heavy atom. The molecule has 6 rings (SSSR count). The number of halogens is 2. The van der Waals surface area contributed by atoms with Crippen LogP contribution in [0.15, 0.2) is 107 Å². The molecule has 22 heteroatoms. The number of benzene rings is 4. The number of carbonyl (C=O) groups is 1. The van der Waals surface area contributed by atoms with Gasteiger partial charge in [0, 0.05) is 6.54 Å². The minimum absolute atomic E-state index is 0.161. The Bertz CT molecular complexity index is 2970. The van der Waals surface area contributed by atoms with Gasteiger partial charge in [-0.1, -0.05) is 59.6 Å². The van der Waals surface area contributed by atoms with Crippen LogP contribution in [0, 0.1) is 0 Å². The Labute approximate surface area is 419 Å². The Kier molecular flexibility index (Phi) is 19.9. The average molecular weight is 1040 g/mol. The maximum Gasteiger partial charge on any atom is 0.306 e. The predicted octanol–water partition coefficient (Wildman–Crippen LogP) is 8.81. The van der Waals surface area contributed by atoms with Gasteiger partial charge in [-0.3, -0.25) is 4.79 Å². The number of aromatic nitrogens is 4. The van der Waals surface area contributed by atoms with Crippen LogP contribution in [0.2, 0.25) is 10.0 Å². The van der Waals surface area contributed by atoms with E-state index in [1.807, 2.05) is 36.4 Å². The summed E-state index contributed by atoms with van der Waals surface area (Å²) in [4.78, 5) is 29.0. The van der Waals surface area contributed by atoms with Crippen LogP contribution < -0.4 is 41.8 Å². The second kappa shape index (κ2) is 25.5. The molecule has 0 aliphatic rings. The topological polar surface area (TPSA) is 251 Å². The first-order chi connectivity index (χ1) is 33.4.